The number of ether oxygens (including phenoxy) is 1. The van der Waals surface area contributed by atoms with E-state index in [1.165, 1.54) is 6.08 Å². The van der Waals surface area contributed by atoms with Gasteiger partial charge in [-0.2, -0.15) is 0 Å². The van der Waals surface area contributed by atoms with Gasteiger partial charge in [0.2, 0.25) is 0 Å². The quantitative estimate of drug-likeness (QED) is 0.614. The predicted molar refractivity (Wildman–Crippen MR) is 74.6 cm³/mol. The van der Waals surface area contributed by atoms with Crippen molar-refractivity contribution in [2.45, 2.75) is 6.92 Å². The van der Waals surface area contributed by atoms with Crippen LogP contribution in [0.1, 0.15) is 12.5 Å². The first-order valence-electron chi connectivity index (χ1n) is 5.74. The SMILES string of the molecule is CCOC(=O)C=Cc1cccc2cccc(Cl)c12. The average Bonchev–Trinajstić information content (AvgIpc) is 2.37. The Bertz CT molecular complexity index is 597. The van der Waals surface area contributed by atoms with Crippen molar-refractivity contribution in [3.63, 3.8) is 0 Å². The summed E-state index contributed by atoms with van der Waals surface area (Å²) < 4.78 is 4.85. The highest BCUT2D eigenvalue weighted by atomic mass is 35.5. The minimum Gasteiger partial charge on any atom is -0.463 e. The number of rotatable bonds is 3. The summed E-state index contributed by atoms with van der Waals surface area (Å²) in [6.45, 7) is 2.15. The molecule has 0 N–H and O–H groups in total. The van der Waals surface area contributed by atoms with E-state index in [0.29, 0.717) is 11.6 Å². The Morgan fingerprint density at radius 2 is 2.00 bits per heavy atom. The highest BCUT2D eigenvalue weighted by Gasteiger charge is 2.03. The molecule has 0 aliphatic rings. The fourth-order valence-electron chi connectivity index (χ4n) is 1.81. The van der Waals surface area contributed by atoms with E-state index in [4.69, 9.17) is 16.3 Å². The molecule has 18 heavy (non-hydrogen) atoms. The lowest BCUT2D eigenvalue weighted by Gasteiger charge is -2.04. The van der Waals surface area contributed by atoms with Crippen LogP contribution < -0.4 is 0 Å². The highest BCUT2D eigenvalue weighted by molar-refractivity contribution is 6.36. The fraction of sp³-hybridized carbons (Fsp3) is 0.133. The molecule has 0 fully saturated rings. The summed E-state index contributed by atoms with van der Waals surface area (Å²) in [4.78, 5) is 11.3. The van der Waals surface area contributed by atoms with Crippen LogP contribution in [0.3, 0.4) is 0 Å². The highest BCUT2D eigenvalue weighted by Crippen LogP contribution is 2.27. The Morgan fingerprint density at radius 3 is 2.72 bits per heavy atom. The predicted octanol–water partition coefficient (Wildman–Crippen LogP) is 4.07. The molecule has 92 valence electrons. The summed E-state index contributed by atoms with van der Waals surface area (Å²) in [7, 11) is 0. The van der Waals surface area contributed by atoms with Crippen molar-refractivity contribution in [2.75, 3.05) is 6.61 Å². The van der Waals surface area contributed by atoms with Crippen LogP contribution in [0.5, 0.6) is 0 Å². The molecule has 0 amide bonds. The number of benzene rings is 2. The molecule has 2 aromatic carbocycles. The number of hydrogen-bond acceptors (Lipinski definition) is 2. The topological polar surface area (TPSA) is 26.3 Å². The van der Waals surface area contributed by atoms with Gasteiger partial charge in [-0.3, -0.25) is 0 Å². The van der Waals surface area contributed by atoms with E-state index >= 15 is 0 Å². The fourth-order valence-corrected chi connectivity index (χ4v) is 2.10. The largest absolute Gasteiger partial charge is 0.463 e. The number of hydrogen-bond donors (Lipinski definition) is 0. The van der Waals surface area contributed by atoms with Crippen molar-refractivity contribution in [1.29, 1.82) is 0 Å². The van der Waals surface area contributed by atoms with Gasteiger partial charge >= 0.3 is 5.97 Å². The zero-order chi connectivity index (χ0) is 13.0. The molecule has 0 atom stereocenters. The van der Waals surface area contributed by atoms with Crippen LogP contribution in [0.25, 0.3) is 16.8 Å². The third-order valence-corrected chi connectivity index (χ3v) is 2.89. The molecule has 0 aliphatic carbocycles. The Morgan fingerprint density at radius 1 is 1.28 bits per heavy atom. The van der Waals surface area contributed by atoms with Crippen LogP contribution in [-0.2, 0) is 9.53 Å². The minimum absolute atomic E-state index is 0.346. The number of fused-ring (bicyclic) bond motifs is 1. The van der Waals surface area contributed by atoms with E-state index in [-0.39, 0.29) is 5.97 Å². The average molecular weight is 261 g/mol. The van der Waals surface area contributed by atoms with E-state index in [2.05, 4.69) is 0 Å². The van der Waals surface area contributed by atoms with Gasteiger partial charge in [-0.05, 0) is 30.0 Å². The molecule has 2 rings (SSSR count). The number of carbonyl (C=O) groups is 1. The Hall–Kier alpha value is -1.80. The second kappa shape index (κ2) is 5.69. The van der Waals surface area contributed by atoms with Crippen LogP contribution in [-0.4, -0.2) is 12.6 Å². The van der Waals surface area contributed by atoms with Gasteiger partial charge in [0, 0.05) is 16.5 Å². The van der Waals surface area contributed by atoms with Crippen LogP contribution in [0.2, 0.25) is 5.02 Å². The van der Waals surface area contributed by atoms with Crippen LogP contribution >= 0.6 is 11.6 Å². The second-order valence-corrected chi connectivity index (χ2v) is 4.18. The molecule has 0 unspecified atom stereocenters. The van der Waals surface area contributed by atoms with Gasteiger partial charge in [-0.25, -0.2) is 4.79 Å². The first-order chi connectivity index (χ1) is 8.72. The Kier molecular flexibility index (Phi) is 4.00. The van der Waals surface area contributed by atoms with Crippen LogP contribution in [0, 0.1) is 0 Å². The van der Waals surface area contributed by atoms with Crippen molar-refractivity contribution in [3.8, 4) is 0 Å². The molecule has 0 saturated heterocycles. The van der Waals surface area contributed by atoms with Gasteiger partial charge in [0.05, 0.1) is 6.61 Å². The van der Waals surface area contributed by atoms with Gasteiger partial charge in [-0.15, -0.1) is 0 Å². The Balaban J connectivity index is 2.42. The zero-order valence-electron chi connectivity index (χ0n) is 10.0. The van der Waals surface area contributed by atoms with E-state index in [0.717, 1.165) is 16.3 Å². The first-order valence-corrected chi connectivity index (χ1v) is 6.12. The Labute approximate surface area is 111 Å². The first kappa shape index (κ1) is 12.7. The molecule has 0 aromatic heterocycles. The van der Waals surface area contributed by atoms with Crippen LogP contribution in [0.4, 0.5) is 0 Å². The maximum atomic E-state index is 11.3. The third-order valence-electron chi connectivity index (χ3n) is 2.57. The van der Waals surface area contributed by atoms with Crippen molar-refractivity contribution in [1.82, 2.24) is 0 Å². The molecule has 2 aromatic rings. The molecular formula is C15H13ClO2. The van der Waals surface area contributed by atoms with E-state index in [1.54, 1.807) is 13.0 Å². The molecule has 2 nitrogen and oxygen atoms in total. The molecule has 0 radical (unpaired) electrons. The van der Waals surface area contributed by atoms with Crippen molar-refractivity contribution < 1.29 is 9.53 Å². The van der Waals surface area contributed by atoms with Gasteiger partial charge in [-0.1, -0.05) is 41.9 Å². The number of carbonyl (C=O) groups excluding carboxylic acids is 1. The zero-order valence-corrected chi connectivity index (χ0v) is 10.8. The standard InChI is InChI=1S/C15H13ClO2/c1-2-18-14(17)10-9-12-6-3-5-11-7-4-8-13(16)15(11)12/h3-10H,2H2,1H3. The molecule has 0 spiro atoms. The summed E-state index contributed by atoms with van der Waals surface area (Å²) in [6, 6.07) is 11.6. The van der Waals surface area contributed by atoms with Crippen molar-refractivity contribution >= 4 is 34.4 Å². The van der Waals surface area contributed by atoms with Crippen molar-refractivity contribution in [2.24, 2.45) is 0 Å². The van der Waals surface area contributed by atoms with Gasteiger partial charge < -0.3 is 4.74 Å². The van der Waals surface area contributed by atoms with E-state index in [1.807, 2.05) is 36.4 Å². The lowest BCUT2D eigenvalue weighted by Crippen LogP contribution is -1.98. The van der Waals surface area contributed by atoms with Gasteiger partial charge in [0.15, 0.2) is 0 Å². The molecule has 0 saturated carbocycles. The second-order valence-electron chi connectivity index (χ2n) is 3.77. The molecule has 0 heterocycles. The van der Waals surface area contributed by atoms with E-state index < -0.39 is 0 Å². The third kappa shape index (κ3) is 2.71. The number of halogens is 1. The summed E-state index contributed by atoms with van der Waals surface area (Å²) in [6.07, 6.45) is 3.15. The molecular weight excluding hydrogens is 248 g/mol. The van der Waals surface area contributed by atoms with E-state index in [9.17, 15) is 4.79 Å². The van der Waals surface area contributed by atoms with Crippen LogP contribution in [0.15, 0.2) is 42.5 Å². The maximum Gasteiger partial charge on any atom is 0.330 e. The van der Waals surface area contributed by atoms with Gasteiger partial charge in [0.25, 0.3) is 0 Å². The summed E-state index contributed by atoms with van der Waals surface area (Å²) >= 11 is 6.19. The van der Waals surface area contributed by atoms with Gasteiger partial charge in [0.1, 0.15) is 0 Å². The lowest BCUT2D eigenvalue weighted by molar-refractivity contribution is -0.137. The maximum absolute atomic E-state index is 11.3. The monoisotopic (exact) mass is 260 g/mol. The molecule has 0 bridgehead atoms. The smallest absolute Gasteiger partial charge is 0.330 e. The molecule has 3 heteroatoms. The summed E-state index contributed by atoms with van der Waals surface area (Å²) in [5.74, 6) is -0.346. The summed E-state index contributed by atoms with van der Waals surface area (Å²) in [5.41, 5.74) is 0.908. The van der Waals surface area contributed by atoms with Crippen molar-refractivity contribution in [3.05, 3.63) is 53.1 Å². The number of esters is 1. The minimum atomic E-state index is -0.346. The normalized spacial score (nSPS) is 11.0. The molecule has 0 aliphatic heterocycles. The summed E-state index contributed by atoms with van der Waals surface area (Å²) in [5, 5.41) is 2.67. The lowest BCUT2D eigenvalue weighted by atomic mass is 10.0.